The van der Waals surface area contributed by atoms with E-state index in [1.54, 1.807) is 17.0 Å². The Morgan fingerprint density at radius 1 is 1.04 bits per heavy atom. The van der Waals surface area contributed by atoms with Crippen molar-refractivity contribution in [3.63, 3.8) is 0 Å². The molecule has 0 spiro atoms. The van der Waals surface area contributed by atoms with Crippen LogP contribution in [0.5, 0.6) is 0 Å². The minimum Gasteiger partial charge on any atom is -0.456 e. The third-order valence-corrected chi connectivity index (χ3v) is 4.85. The first-order valence-corrected chi connectivity index (χ1v) is 8.51. The number of benzene rings is 2. The second-order valence-electron chi connectivity index (χ2n) is 6.82. The second kappa shape index (κ2) is 6.09. The van der Waals surface area contributed by atoms with Gasteiger partial charge in [0, 0.05) is 18.0 Å². The Bertz CT molecular complexity index is 926. The van der Waals surface area contributed by atoms with E-state index in [9.17, 15) is 14.0 Å². The minimum absolute atomic E-state index is 0.0740. The van der Waals surface area contributed by atoms with Crippen LogP contribution < -0.4 is 4.90 Å². The number of esters is 1. The fourth-order valence-corrected chi connectivity index (χ4v) is 3.81. The Labute approximate surface area is 150 Å². The predicted octanol–water partition coefficient (Wildman–Crippen LogP) is 3.77. The standard InChI is InChI=1S/C21H18FNO3/c1-12-7-13(2)9-16(8-12)23-18-11-26-21(25)20(18)17(10-19(23)24)14-3-5-15(22)6-4-14/h3-9,17H,10-11H2,1-2H3/t17-/m0/s1. The Morgan fingerprint density at radius 3 is 2.35 bits per heavy atom. The van der Waals surface area contributed by atoms with Gasteiger partial charge in [-0.15, -0.1) is 0 Å². The molecule has 2 aliphatic rings. The van der Waals surface area contributed by atoms with Gasteiger partial charge < -0.3 is 4.74 Å². The molecule has 0 saturated heterocycles. The summed E-state index contributed by atoms with van der Waals surface area (Å²) in [5.41, 5.74) is 4.66. The van der Waals surface area contributed by atoms with Crippen LogP contribution in [0, 0.1) is 19.7 Å². The van der Waals surface area contributed by atoms with E-state index < -0.39 is 11.9 Å². The summed E-state index contributed by atoms with van der Waals surface area (Å²) in [5.74, 6) is -1.26. The monoisotopic (exact) mass is 351 g/mol. The molecule has 2 aliphatic heterocycles. The van der Waals surface area contributed by atoms with Crippen molar-refractivity contribution in [2.45, 2.75) is 26.2 Å². The van der Waals surface area contributed by atoms with Crippen LogP contribution >= 0.6 is 0 Å². The first-order chi connectivity index (χ1) is 12.4. The van der Waals surface area contributed by atoms with Gasteiger partial charge in [-0.25, -0.2) is 9.18 Å². The molecule has 0 radical (unpaired) electrons. The van der Waals surface area contributed by atoms with Crippen molar-refractivity contribution in [3.8, 4) is 0 Å². The number of aryl methyl sites for hydroxylation is 2. The molecule has 132 valence electrons. The molecular formula is C21H18FNO3. The average molecular weight is 351 g/mol. The number of amides is 1. The topological polar surface area (TPSA) is 46.6 Å². The van der Waals surface area contributed by atoms with E-state index in [0.29, 0.717) is 11.3 Å². The quantitative estimate of drug-likeness (QED) is 0.774. The lowest BCUT2D eigenvalue weighted by Crippen LogP contribution is -2.37. The number of carbonyl (C=O) groups excluding carboxylic acids is 2. The number of ether oxygens (including phenoxy) is 1. The summed E-state index contributed by atoms with van der Waals surface area (Å²) >= 11 is 0. The van der Waals surface area contributed by atoms with Gasteiger partial charge in [0.2, 0.25) is 5.91 Å². The third kappa shape index (κ3) is 2.69. The molecule has 2 aromatic rings. The van der Waals surface area contributed by atoms with Crippen molar-refractivity contribution >= 4 is 17.6 Å². The maximum atomic E-state index is 13.3. The largest absolute Gasteiger partial charge is 0.456 e. The Hall–Kier alpha value is -2.95. The number of anilines is 1. The van der Waals surface area contributed by atoms with Crippen molar-refractivity contribution in [1.82, 2.24) is 0 Å². The molecule has 2 heterocycles. The van der Waals surface area contributed by atoms with E-state index in [1.165, 1.54) is 12.1 Å². The van der Waals surface area contributed by atoms with E-state index in [1.807, 2.05) is 32.0 Å². The highest BCUT2D eigenvalue weighted by Crippen LogP contribution is 2.42. The van der Waals surface area contributed by atoms with Crippen LogP contribution in [0.4, 0.5) is 10.1 Å². The Morgan fingerprint density at radius 2 is 1.69 bits per heavy atom. The van der Waals surface area contributed by atoms with Gasteiger partial charge in [0.05, 0.1) is 11.3 Å². The number of rotatable bonds is 2. The van der Waals surface area contributed by atoms with Gasteiger partial charge in [-0.1, -0.05) is 18.2 Å². The number of carbonyl (C=O) groups is 2. The second-order valence-corrected chi connectivity index (χ2v) is 6.82. The van der Waals surface area contributed by atoms with E-state index in [2.05, 4.69) is 0 Å². The fraction of sp³-hybridized carbons (Fsp3) is 0.238. The summed E-state index contributed by atoms with van der Waals surface area (Å²) in [7, 11) is 0. The van der Waals surface area contributed by atoms with Crippen LogP contribution in [0.1, 0.15) is 29.0 Å². The van der Waals surface area contributed by atoms with Crippen LogP contribution in [0.25, 0.3) is 0 Å². The molecule has 1 atom stereocenters. The molecule has 0 unspecified atom stereocenters. The van der Waals surface area contributed by atoms with Gasteiger partial charge in [-0.2, -0.15) is 0 Å². The molecular weight excluding hydrogens is 333 g/mol. The number of hydrogen-bond acceptors (Lipinski definition) is 3. The van der Waals surface area contributed by atoms with Crippen LogP contribution in [-0.4, -0.2) is 18.5 Å². The summed E-state index contributed by atoms with van der Waals surface area (Å²) in [4.78, 5) is 27.0. The highest BCUT2D eigenvalue weighted by atomic mass is 19.1. The molecule has 5 heteroatoms. The molecule has 0 saturated carbocycles. The summed E-state index contributed by atoms with van der Waals surface area (Å²) in [5, 5.41) is 0. The molecule has 4 nitrogen and oxygen atoms in total. The van der Waals surface area contributed by atoms with Crippen LogP contribution in [0.3, 0.4) is 0 Å². The van der Waals surface area contributed by atoms with E-state index in [4.69, 9.17) is 4.74 Å². The van der Waals surface area contributed by atoms with Crippen molar-refractivity contribution in [3.05, 3.63) is 76.2 Å². The molecule has 26 heavy (non-hydrogen) atoms. The van der Waals surface area contributed by atoms with E-state index in [0.717, 1.165) is 22.4 Å². The summed E-state index contributed by atoms with van der Waals surface area (Å²) in [6, 6.07) is 11.8. The summed E-state index contributed by atoms with van der Waals surface area (Å²) in [6.07, 6.45) is 0.145. The normalized spacial score (nSPS) is 19.7. The van der Waals surface area contributed by atoms with Gasteiger partial charge >= 0.3 is 5.97 Å². The van der Waals surface area contributed by atoms with Gasteiger partial charge in [0.25, 0.3) is 0 Å². The zero-order valence-electron chi connectivity index (χ0n) is 14.6. The molecule has 0 aliphatic carbocycles. The number of nitrogens with zero attached hydrogens (tertiary/aromatic N) is 1. The van der Waals surface area contributed by atoms with Gasteiger partial charge in [-0.3, -0.25) is 9.69 Å². The molecule has 0 aromatic heterocycles. The van der Waals surface area contributed by atoms with Crippen molar-refractivity contribution in [2.75, 3.05) is 11.5 Å². The fourth-order valence-electron chi connectivity index (χ4n) is 3.81. The molecule has 4 rings (SSSR count). The van der Waals surface area contributed by atoms with Crippen LogP contribution in [0.15, 0.2) is 53.7 Å². The molecule has 1 amide bonds. The highest BCUT2D eigenvalue weighted by Gasteiger charge is 2.42. The first kappa shape index (κ1) is 16.5. The first-order valence-electron chi connectivity index (χ1n) is 8.51. The summed E-state index contributed by atoms with van der Waals surface area (Å²) < 4.78 is 18.5. The smallest absolute Gasteiger partial charge is 0.336 e. The predicted molar refractivity (Wildman–Crippen MR) is 95.1 cm³/mol. The lowest BCUT2D eigenvalue weighted by atomic mass is 9.84. The zero-order chi connectivity index (χ0) is 18.4. The molecule has 0 fully saturated rings. The van der Waals surface area contributed by atoms with Gasteiger partial charge in [-0.05, 0) is 54.8 Å². The Balaban J connectivity index is 1.84. The van der Waals surface area contributed by atoms with Crippen LogP contribution in [-0.2, 0) is 14.3 Å². The number of cyclic esters (lactones) is 1. The Kier molecular flexibility index (Phi) is 3.87. The van der Waals surface area contributed by atoms with Crippen LogP contribution in [0.2, 0.25) is 0 Å². The van der Waals surface area contributed by atoms with Crippen molar-refractivity contribution in [1.29, 1.82) is 0 Å². The third-order valence-electron chi connectivity index (χ3n) is 4.85. The molecule has 0 N–H and O–H groups in total. The number of halogens is 1. The summed E-state index contributed by atoms with van der Waals surface area (Å²) in [6.45, 7) is 4.01. The van der Waals surface area contributed by atoms with Gasteiger partial charge in [0.1, 0.15) is 12.4 Å². The van der Waals surface area contributed by atoms with Crippen molar-refractivity contribution in [2.24, 2.45) is 0 Å². The van der Waals surface area contributed by atoms with E-state index >= 15 is 0 Å². The van der Waals surface area contributed by atoms with Crippen molar-refractivity contribution < 1.29 is 18.7 Å². The maximum absolute atomic E-state index is 13.3. The lowest BCUT2D eigenvalue weighted by molar-refractivity contribution is -0.136. The van der Waals surface area contributed by atoms with E-state index in [-0.39, 0.29) is 24.8 Å². The molecule has 2 aromatic carbocycles. The average Bonchev–Trinajstić information content (AvgIpc) is 2.95. The van der Waals surface area contributed by atoms with Gasteiger partial charge in [0.15, 0.2) is 0 Å². The SMILES string of the molecule is Cc1cc(C)cc(N2C(=O)C[C@@H](c3ccc(F)cc3)C3=C2COC3=O)c1. The zero-order valence-corrected chi connectivity index (χ0v) is 14.6. The number of hydrogen-bond donors (Lipinski definition) is 0. The molecule has 0 bridgehead atoms. The minimum atomic E-state index is -0.407. The lowest BCUT2D eigenvalue weighted by Gasteiger charge is -2.32. The maximum Gasteiger partial charge on any atom is 0.336 e. The highest BCUT2D eigenvalue weighted by molar-refractivity contribution is 6.06.